The van der Waals surface area contributed by atoms with Crippen LogP contribution < -0.4 is 10.6 Å². The molecule has 8 heteroatoms. The average molecular weight is 525 g/mol. The molecule has 0 unspecified atom stereocenters. The standard InChI is InChI=1S/C28H26Cl2N2O4/c29-23-14-11-21(15-24(23)30)28(36)31-22-12-9-18(10-13-22)17-5-7-19(8-6-17)27(35)32-25-4-2-1-3-20(25)16-26(33)34/h1-4,9-15,17,19H,5-8,16H2,(H,31,36)(H,32,35)(H,33,34)/t17-,19-. The summed E-state index contributed by atoms with van der Waals surface area (Å²) in [6, 6.07) is 19.5. The zero-order chi connectivity index (χ0) is 25.7. The Morgan fingerprint density at radius 2 is 1.53 bits per heavy atom. The number of benzene rings is 3. The number of halogens is 2. The average Bonchev–Trinajstić information content (AvgIpc) is 2.87. The first-order valence-electron chi connectivity index (χ1n) is 11.8. The Labute approximate surface area is 219 Å². The van der Waals surface area contributed by atoms with Crippen molar-refractivity contribution in [1.29, 1.82) is 0 Å². The van der Waals surface area contributed by atoms with Crippen molar-refractivity contribution in [2.75, 3.05) is 10.6 Å². The Bertz CT molecular complexity index is 1270. The Balaban J connectivity index is 1.31. The van der Waals surface area contributed by atoms with Crippen LogP contribution >= 0.6 is 23.2 Å². The van der Waals surface area contributed by atoms with Crippen LogP contribution in [-0.4, -0.2) is 22.9 Å². The lowest BCUT2D eigenvalue weighted by molar-refractivity contribution is -0.136. The molecule has 0 bridgehead atoms. The number of hydrogen-bond acceptors (Lipinski definition) is 3. The fraction of sp³-hybridized carbons (Fsp3) is 0.250. The third kappa shape index (κ3) is 6.45. The maximum atomic E-state index is 12.8. The molecule has 0 aromatic heterocycles. The van der Waals surface area contributed by atoms with E-state index >= 15 is 0 Å². The first-order chi connectivity index (χ1) is 17.3. The predicted molar refractivity (Wildman–Crippen MR) is 142 cm³/mol. The normalized spacial score (nSPS) is 17.3. The van der Waals surface area contributed by atoms with Gasteiger partial charge in [-0.2, -0.15) is 0 Å². The summed E-state index contributed by atoms with van der Waals surface area (Å²) < 4.78 is 0. The minimum Gasteiger partial charge on any atom is -0.481 e. The number of aliphatic carboxylic acids is 1. The second-order valence-corrected chi connectivity index (χ2v) is 9.78. The number of amides is 2. The van der Waals surface area contributed by atoms with E-state index < -0.39 is 5.97 Å². The molecule has 2 amide bonds. The lowest BCUT2D eigenvalue weighted by Gasteiger charge is -2.28. The van der Waals surface area contributed by atoms with E-state index in [1.807, 2.05) is 24.3 Å². The van der Waals surface area contributed by atoms with Gasteiger partial charge in [0.25, 0.3) is 5.91 Å². The molecule has 0 radical (unpaired) electrons. The fourth-order valence-electron chi connectivity index (χ4n) is 4.56. The van der Waals surface area contributed by atoms with E-state index in [0.29, 0.717) is 38.5 Å². The van der Waals surface area contributed by atoms with Gasteiger partial charge in [0.2, 0.25) is 5.91 Å². The lowest BCUT2D eigenvalue weighted by Crippen LogP contribution is -2.27. The van der Waals surface area contributed by atoms with E-state index in [4.69, 9.17) is 28.3 Å². The molecule has 0 aliphatic heterocycles. The van der Waals surface area contributed by atoms with Crippen molar-refractivity contribution < 1.29 is 19.5 Å². The highest BCUT2D eigenvalue weighted by Gasteiger charge is 2.27. The quantitative estimate of drug-likeness (QED) is 0.317. The summed E-state index contributed by atoms with van der Waals surface area (Å²) in [6.07, 6.45) is 3.14. The van der Waals surface area contributed by atoms with Gasteiger partial charge >= 0.3 is 5.97 Å². The van der Waals surface area contributed by atoms with Gasteiger partial charge in [-0.05, 0) is 79.1 Å². The van der Waals surface area contributed by atoms with Gasteiger partial charge in [-0.3, -0.25) is 14.4 Å². The SMILES string of the molecule is O=C(O)Cc1ccccc1NC(=O)[C@H]1CC[C@H](c2ccc(NC(=O)c3ccc(Cl)c(Cl)c3)cc2)CC1. The van der Waals surface area contributed by atoms with Crippen molar-refractivity contribution in [3.8, 4) is 0 Å². The van der Waals surface area contributed by atoms with Crippen molar-refractivity contribution in [3.63, 3.8) is 0 Å². The molecule has 0 atom stereocenters. The molecule has 1 fully saturated rings. The van der Waals surface area contributed by atoms with Gasteiger partial charge in [0.1, 0.15) is 0 Å². The van der Waals surface area contributed by atoms with E-state index in [1.165, 1.54) is 11.6 Å². The summed E-state index contributed by atoms with van der Waals surface area (Å²) in [6.45, 7) is 0. The van der Waals surface area contributed by atoms with Crippen molar-refractivity contribution in [1.82, 2.24) is 0 Å². The van der Waals surface area contributed by atoms with Gasteiger partial charge in [0, 0.05) is 22.9 Å². The number of carboxylic acids is 1. The molecule has 0 spiro atoms. The monoisotopic (exact) mass is 524 g/mol. The van der Waals surface area contributed by atoms with Crippen molar-refractivity contribution in [2.45, 2.75) is 38.0 Å². The molecular weight excluding hydrogens is 499 g/mol. The number of para-hydroxylation sites is 1. The summed E-state index contributed by atoms with van der Waals surface area (Å²) in [5.41, 5.74) is 3.44. The van der Waals surface area contributed by atoms with Crippen LogP contribution in [0.3, 0.4) is 0 Å². The zero-order valence-electron chi connectivity index (χ0n) is 19.5. The van der Waals surface area contributed by atoms with E-state index in [1.54, 1.807) is 36.4 Å². The summed E-state index contributed by atoms with van der Waals surface area (Å²) in [4.78, 5) is 36.4. The number of carbonyl (C=O) groups excluding carboxylic acids is 2. The van der Waals surface area contributed by atoms with Crippen LogP contribution in [0.5, 0.6) is 0 Å². The van der Waals surface area contributed by atoms with Crippen LogP contribution in [0, 0.1) is 5.92 Å². The smallest absolute Gasteiger partial charge is 0.307 e. The van der Waals surface area contributed by atoms with Gasteiger partial charge in [-0.15, -0.1) is 0 Å². The molecule has 0 heterocycles. The van der Waals surface area contributed by atoms with Crippen LogP contribution in [0.15, 0.2) is 66.7 Å². The van der Waals surface area contributed by atoms with Crippen LogP contribution in [-0.2, 0) is 16.0 Å². The summed E-state index contributed by atoms with van der Waals surface area (Å²) in [5, 5.41) is 15.6. The number of anilines is 2. The molecule has 36 heavy (non-hydrogen) atoms. The first-order valence-corrected chi connectivity index (χ1v) is 12.5. The molecule has 1 saturated carbocycles. The van der Waals surface area contributed by atoms with E-state index in [0.717, 1.165) is 25.7 Å². The van der Waals surface area contributed by atoms with Gasteiger partial charge in [-0.25, -0.2) is 0 Å². The van der Waals surface area contributed by atoms with Crippen LogP contribution in [0.25, 0.3) is 0 Å². The topological polar surface area (TPSA) is 95.5 Å². The molecule has 6 nitrogen and oxygen atoms in total. The molecule has 0 saturated heterocycles. The number of hydrogen-bond donors (Lipinski definition) is 3. The van der Waals surface area contributed by atoms with Gasteiger partial charge in [-0.1, -0.05) is 53.5 Å². The largest absolute Gasteiger partial charge is 0.481 e. The van der Waals surface area contributed by atoms with Gasteiger partial charge < -0.3 is 15.7 Å². The van der Waals surface area contributed by atoms with E-state index in [-0.39, 0.29) is 24.2 Å². The Hall–Kier alpha value is -3.35. The second-order valence-electron chi connectivity index (χ2n) is 8.97. The third-order valence-electron chi connectivity index (χ3n) is 6.54. The summed E-state index contributed by atoms with van der Waals surface area (Å²) in [5.74, 6) is -1.03. The molecule has 4 rings (SSSR count). The maximum absolute atomic E-state index is 12.8. The zero-order valence-corrected chi connectivity index (χ0v) is 21.0. The molecule has 1 aliphatic rings. The van der Waals surface area contributed by atoms with Crippen LogP contribution in [0.1, 0.15) is 53.1 Å². The lowest BCUT2D eigenvalue weighted by atomic mass is 9.78. The van der Waals surface area contributed by atoms with Crippen LogP contribution in [0.4, 0.5) is 11.4 Å². The van der Waals surface area contributed by atoms with Crippen molar-refractivity contribution in [2.24, 2.45) is 5.92 Å². The second kappa shape index (κ2) is 11.6. The Morgan fingerprint density at radius 1 is 0.833 bits per heavy atom. The fourth-order valence-corrected chi connectivity index (χ4v) is 4.86. The minimum atomic E-state index is -0.933. The maximum Gasteiger partial charge on any atom is 0.307 e. The molecule has 186 valence electrons. The number of rotatable bonds is 7. The molecule has 1 aliphatic carbocycles. The molecule has 3 N–H and O–H groups in total. The van der Waals surface area contributed by atoms with Gasteiger partial charge in [0.05, 0.1) is 16.5 Å². The number of carbonyl (C=O) groups is 3. The predicted octanol–water partition coefficient (Wildman–Crippen LogP) is 6.79. The van der Waals surface area contributed by atoms with Crippen molar-refractivity contribution >= 4 is 52.4 Å². The Morgan fingerprint density at radius 3 is 2.19 bits per heavy atom. The van der Waals surface area contributed by atoms with Crippen molar-refractivity contribution in [3.05, 3.63) is 93.5 Å². The van der Waals surface area contributed by atoms with Crippen LogP contribution in [0.2, 0.25) is 10.0 Å². The third-order valence-corrected chi connectivity index (χ3v) is 7.28. The van der Waals surface area contributed by atoms with Gasteiger partial charge in [0.15, 0.2) is 0 Å². The highest BCUT2D eigenvalue weighted by atomic mass is 35.5. The highest BCUT2D eigenvalue weighted by Crippen LogP contribution is 2.37. The molecule has 3 aromatic carbocycles. The summed E-state index contributed by atoms with van der Waals surface area (Å²) in [7, 11) is 0. The van der Waals surface area contributed by atoms with E-state index in [9.17, 15) is 14.4 Å². The molecular formula is C28H26Cl2N2O4. The highest BCUT2D eigenvalue weighted by molar-refractivity contribution is 6.42. The first kappa shape index (κ1) is 25.7. The number of carboxylic acid groups (broad SMARTS) is 1. The Kier molecular flexibility index (Phi) is 8.28. The van der Waals surface area contributed by atoms with E-state index in [2.05, 4.69) is 10.6 Å². The molecule has 3 aromatic rings. The summed E-state index contributed by atoms with van der Waals surface area (Å²) >= 11 is 11.9. The minimum absolute atomic E-state index is 0.0633. The number of nitrogens with one attached hydrogen (secondary N) is 2.